The van der Waals surface area contributed by atoms with E-state index < -0.39 is 17.4 Å². The fraction of sp³-hybridized carbons (Fsp3) is 0.211. The lowest BCUT2D eigenvalue weighted by Crippen LogP contribution is -2.08. The molecule has 0 atom stereocenters. The number of carbonyl (C=O) groups is 1. The summed E-state index contributed by atoms with van der Waals surface area (Å²) in [6.07, 6.45) is 0. The van der Waals surface area contributed by atoms with Crippen LogP contribution in [0.5, 0.6) is 11.5 Å². The first kappa shape index (κ1) is 18.8. The van der Waals surface area contributed by atoms with Gasteiger partial charge in [0.05, 0.1) is 19.3 Å². The highest BCUT2D eigenvalue weighted by Gasteiger charge is 2.32. The van der Waals surface area contributed by atoms with Crippen LogP contribution in [0.2, 0.25) is 0 Å². The minimum absolute atomic E-state index is 0.0804. The van der Waals surface area contributed by atoms with E-state index in [9.17, 15) is 9.90 Å². The number of rotatable bonds is 7. The van der Waals surface area contributed by atoms with E-state index in [4.69, 9.17) is 19.6 Å². The van der Waals surface area contributed by atoms with Crippen LogP contribution in [0, 0.1) is 5.39 Å². The van der Waals surface area contributed by atoms with Gasteiger partial charge in [-0.1, -0.05) is 30.3 Å². The van der Waals surface area contributed by atoms with Crippen LogP contribution < -0.4 is 9.47 Å². The molecule has 0 spiro atoms. The molecule has 7 heteroatoms. The highest BCUT2D eigenvalue weighted by Crippen LogP contribution is 2.29. The fourth-order valence-corrected chi connectivity index (χ4v) is 2.28. The lowest BCUT2D eigenvalue weighted by Gasteiger charge is -2.12. The van der Waals surface area contributed by atoms with Crippen LogP contribution in [0.25, 0.3) is 10.7 Å². The van der Waals surface area contributed by atoms with Crippen molar-refractivity contribution < 1.29 is 24.1 Å². The zero-order valence-electron chi connectivity index (χ0n) is 14.5. The van der Waals surface area contributed by atoms with Crippen LogP contribution in [-0.2, 0) is 16.1 Å². The second kappa shape index (κ2) is 9.08. The van der Waals surface area contributed by atoms with Gasteiger partial charge >= 0.3 is 11.7 Å². The summed E-state index contributed by atoms with van der Waals surface area (Å²) < 4.78 is 15.8. The van der Waals surface area contributed by atoms with E-state index in [1.54, 1.807) is 32.2 Å². The normalized spacial score (nSPS) is 11.1. The Morgan fingerprint density at radius 1 is 1.12 bits per heavy atom. The van der Waals surface area contributed by atoms with Gasteiger partial charge in [0, 0.05) is 5.56 Å². The van der Waals surface area contributed by atoms with E-state index >= 15 is 0 Å². The third kappa shape index (κ3) is 4.30. The van der Waals surface area contributed by atoms with E-state index in [-0.39, 0.29) is 18.8 Å². The second-order valence-electron chi connectivity index (χ2n) is 5.11. The van der Waals surface area contributed by atoms with Crippen molar-refractivity contribution in [2.75, 3.05) is 13.7 Å². The Morgan fingerprint density at radius 2 is 1.77 bits per heavy atom. The maximum Gasteiger partial charge on any atom is 0.510 e. The monoisotopic (exact) mass is 355 g/mol. The Kier molecular flexibility index (Phi) is 6.57. The van der Waals surface area contributed by atoms with Crippen LogP contribution in [0.3, 0.4) is 0 Å². The van der Waals surface area contributed by atoms with Crippen molar-refractivity contribution in [1.29, 1.82) is 5.39 Å². The molecule has 0 aliphatic carbocycles. The smallest absolute Gasteiger partial charge is 0.501 e. The molecule has 7 nitrogen and oxygen atoms in total. The summed E-state index contributed by atoms with van der Waals surface area (Å²) in [6.45, 7) is 1.87. The van der Waals surface area contributed by atoms with E-state index in [1.807, 2.05) is 24.3 Å². The molecule has 1 N–H and O–H groups in total. The third-order valence-electron chi connectivity index (χ3n) is 3.51. The topological polar surface area (TPSA) is 93.1 Å². The summed E-state index contributed by atoms with van der Waals surface area (Å²) in [5, 5.41) is 19.4. The number of para-hydroxylation sites is 2. The minimum atomic E-state index is -0.938. The van der Waals surface area contributed by atoms with Gasteiger partial charge in [-0.3, -0.25) is 0 Å². The van der Waals surface area contributed by atoms with Gasteiger partial charge in [0.1, 0.15) is 18.1 Å². The molecular formula is C19H19N2O5+. The Bertz CT molecular complexity index is 855. The molecule has 26 heavy (non-hydrogen) atoms. The van der Waals surface area contributed by atoms with Gasteiger partial charge in [0.15, 0.2) is 4.98 Å². The average molecular weight is 355 g/mol. The molecule has 134 valence electrons. The number of aliphatic hydroxyl groups is 1. The molecule has 0 fully saturated rings. The van der Waals surface area contributed by atoms with Gasteiger partial charge in [-0.05, 0) is 25.1 Å². The van der Waals surface area contributed by atoms with Crippen molar-refractivity contribution in [3.05, 3.63) is 70.3 Å². The molecule has 2 rings (SSSR count). The second-order valence-corrected chi connectivity index (χ2v) is 5.11. The number of aliphatic hydroxyl groups excluding tert-OH is 1. The van der Waals surface area contributed by atoms with Crippen molar-refractivity contribution in [3.8, 4) is 11.5 Å². The summed E-state index contributed by atoms with van der Waals surface area (Å²) >= 11 is 0. The molecule has 0 saturated heterocycles. The van der Waals surface area contributed by atoms with Gasteiger partial charge < -0.3 is 19.3 Å². The molecule has 0 saturated carbocycles. The van der Waals surface area contributed by atoms with E-state index in [0.717, 1.165) is 5.56 Å². The number of methoxy groups -OCH3 is 1. The first-order chi connectivity index (χ1) is 12.6. The van der Waals surface area contributed by atoms with Crippen molar-refractivity contribution >= 4 is 11.7 Å². The molecular weight excluding hydrogens is 336 g/mol. The van der Waals surface area contributed by atoms with E-state index in [1.165, 1.54) is 6.07 Å². The van der Waals surface area contributed by atoms with Crippen LogP contribution in [-0.4, -0.2) is 24.8 Å². The number of hydrogen-bond acceptors (Lipinski definition) is 6. The van der Waals surface area contributed by atoms with Crippen molar-refractivity contribution in [2.45, 2.75) is 13.5 Å². The number of esters is 1. The highest BCUT2D eigenvalue weighted by atomic mass is 16.5. The summed E-state index contributed by atoms with van der Waals surface area (Å²) in [5.41, 5.74) is 0.411. The summed E-state index contributed by atoms with van der Waals surface area (Å²) in [6, 6.07) is 13.9. The summed E-state index contributed by atoms with van der Waals surface area (Å²) in [5.74, 6) is -0.503. The van der Waals surface area contributed by atoms with E-state index in [0.29, 0.717) is 11.5 Å². The molecule has 0 bridgehead atoms. The lowest BCUT2D eigenvalue weighted by atomic mass is 10.1. The SMILES string of the molecule is CCOC(=O)/C([N+]#N)=C(\O)c1ccccc1OCc1ccccc1OC. The number of nitrogens with zero attached hydrogens (tertiary/aromatic N) is 2. The zero-order valence-corrected chi connectivity index (χ0v) is 14.5. The molecule has 2 aromatic rings. The molecule has 0 heterocycles. The van der Waals surface area contributed by atoms with Crippen LogP contribution in [0.4, 0.5) is 0 Å². The Balaban J connectivity index is 2.33. The number of ether oxygens (including phenoxy) is 3. The molecule has 0 amide bonds. The van der Waals surface area contributed by atoms with Crippen molar-refractivity contribution in [2.24, 2.45) is 0 Å². The molecule has 0 aromatic heterocycles. The average Bonchev–Trinajstić information content (AvgIpc) is 2.67. The first-order valence-corrected chi connectivity index (χ1v) is 7.91. The lowest BCUT2D eigenvalue weighted by molar-refractivity contribution is -0.138. The molecule has 0 aliphatic rings. The molecule has 0 radical (unpaired) electrons. The van der Waals surface area contributed by atoms with Gasteiger partial charge in [-0.15, -0.1) is 0 Å². The van der Waals surface area contributed by atoms with Crippen LogP contribution in [0.1, 0.15) is 18.1 Å². The van der Waals surface area contributed by atoms with Crippen molar-refractivity contribution in [3.63, 3.8) is 0 Å². The van der Waals surface area contributed by atoms with Gasteiger partial charge in [0.25, 0.3) is 0 Å². The molecule has 0 unspecified atom stereocenters. The van der Waals surface area contributed by atoms with Gasteiger partial charge in [-0.25, -0.2) is 4.79 Å². The largest absolute Gasteiger partial charge is 0.510 e. The molecule has 2 aromatic carbocycles. The maximum absolute atomic E-state index is 11.8. The number of diazo groups is 1. The summed E-state index contributed by atoms with van der Waals surface area (Å²) in [7, 11) is 1.57. The maximum atomic E-state index is 11.8. The number of carbonyl (C=O) groups excluding carboxylic acids is 1. The standard InChI is InChI=1S/C19H18N2O5/c1-3-25-19(23)17(21-20)18(22)14-9-5-7-11-16(14)26-12-13-8-4-6-10-15(13)24-2/h4-11H,3,12H2,1-2H3/p+1. The van der Waals surface area contributed by atoms with Gasteiger partial charge in [0.2, 0.25) is 11.2 Å². The highest BCUT2D eigenvalue weighted by molar-refractivity contribution is 5.98. The van der Waals surface area contributed by atoms with Crippen LogP contribution in [0.15, 0.2) is 54.2 Å². The van der Waals surface area contributed by atoms with E-state index in [2.05, 4.69) is 4.98 Å². The Hall–Kier alpha value is -3.53. The van der Waals surface area contributed by atoms with Crippen molar-refractivity contribution in [1.82, 2.24) is 0 Å². The Labute approximate surface area is 151 Å². The summed E-state index contributed by atoms with van der Waals surface area (Å²) in [4.78, 5) is 14.7. The Morgan fingerprint density at radius 3 is 2.42 bits per heavy atom. The molecule has 0 aliphatic heterocycles. The third-order valence-corrected chi connectivity index (χ3v) is 3.51. The fourth-order valence-electron chi connectivity index (χ4n) is 2.28. The predicted octanol–water partition coefficient (Wildman–Crippen LogP) is 3.92. The number of hydrogen-bond donors (Lipinski definition) is 1. The van der Waals surface area contributed by atoms with Gasteiger partial charge in [-0.2, -0.15) is 0 Å². The quantitative estimate of drug-likeness (QED) is 0.350. The minimum Gasteiger partial charge on any atom is -0.501 e. The number of benzene rings is 2. The van der Waals surface area contributed by atoms with Crippen LogP contribution >= 0.6 is 0 Å². The zero-order chi connectivity index (χ0) is 18.9. The predicted molar refractivity (Wildman–Crippen MR) is 95.0 cm³/mol. The first-order valence-electron chi connectivity index (χ1n) is 7.91.